The van der Waals surface area contributed by atoms with Gasteiger partial charge in [-0.2, -0.15) is 0 Å². The van der Waals surface area contributed by atoms with Gasteiger partial charge in [0.25, 0.3) is 0 Å². The lowest BCUT2D eigenvalue weighted by Gasteiger charge is -1.69. The molecule has 0 aromatic carbocycles. The molecule has 0 bridgehead atoms. The molecule has 6 heavy (non-hydrogen) atoms. The Hall–Kier alpha value is -0.990. The minimum absolute atomic E-state index is 0.333. The van der Waals surface area contributed by atoms with E-state index in [0.717, 1.165) is 0 Å². The summed E-state index contributed by atoms with van der Waals surface area (Å²) >= 11 is 0. The van der Waals surface area contributed by atoms with Gasteiger partial charge in [0.05, 0.1) is 0 Å². The van der Waals surface area contributed by atoms with E-state index in [1.165, 1.54) is 0 Å². The summed E-state index contributed by atoms with van der Waals surface area (Å²) in [6, 6.07) is 0. The number of hydrogen-bond acceptors (Lipinski definition) is 3. The molecule has 3 heteroatoms. The lowest BCUT2D eigenvalue weighted by molar-refractivity contribution is 1.05. The van der Waals surface area contributed by atoms with E-state index in [0.29, 0.717) is 0 Å². The monoisotopic (exact) mass is 93.1 g/mol. The van der Waals surface area contributed by atoms with Crippen LogP contribution in [0, 0.1) is 0 Å². The predicted molar refractivity (Wildman–Crippen MR) is 19.8 cm³/mol. The van der Waals surface area contributed by atoms with Gasteiger partial charge in [-0.15, -0.1) is 0 Å². The molecular formula is C3H3N3. The van der Waals surface area contributed by atoms with Gasteiger partial charge in [-0.3, -0.25) is 0 Å². The summed E-state index contributed by atoms with van der Waals surface area (Å²) in [5.41, 5.74) is 0. The van der Waals surface area contributed by atoms with Gasteiger partial charge in [-0.25, -0.2) is 15.0 Å². The maximum atomic E-state index is 6.77. The molecule has 0 saturated heterocycles. The number of nitrogens with zero attached hydrogens (tertiary/aromatic N) is 3. The Labute approximate surface area is 39.3 Å². The molecule has 1 heterocycles. The summed E-state index contributed by atoms with van der Waals surface area (Å²) in [7, 11) is 0. The second kappa shape index (κ2) is 1.45. The van der Waals surface area contributed by atoms with Crippen LogP contribution >= 0.6 is 0 Å². The first-order valence-corrected chi connectivity index (χ1v) is 1.34. The van der Waals surface area contributed by atoms with Crippen molar-refractivity contribution in [2.45, 2.75) is 0 Å². The Bertz CT molecular complexity index is 175. The molecular weight excluding hydrogens is 84.0 g/mol. The Morgan fingerprint density at radius 1 is 1.00 bits per heavy atom. The molecule has 30 valence electrons. The van der Waals surface area contributed by atoms with Gasteiger partial charge in [0.15, 0.2) is 0 Å². The highest BCUT2D eigenvalue weighted by atomic mass is 15.9. The molecule has 0 aliphatic rings. The third-order valence-corrected chi connectivity index (χ3v) is 0.300. The maximum Gasteiger partial charge on any atom is 0.119 e. The van der Waals surface area contributed by atoms with E-state index < -0.39 is 0 Å². The third-order valence-electron chi connectivity index (χ3n) is 0.300. The molecule has 0 spiro atoms. The predicted octanol–water partition coefficient (Wildman–Crippen LogP) is -0.128. The fourth-order valence-corrected chi connectivity index (χ4v) is 0.142. The van der Waals surface area contributed by atoms with Gasteiger partial charge in [0, 0.05) is 0 Å². The highest BCUT2D eigenvalue weighted by molar-refractivity contribution is 4.51. The van der Waals surface area contributed by atoms with Crippen molar-refractivity contribution in [3.63, 3.8) is 0 Å². The molecule has 1 aromatic rings. The smallest absolute Gasteiger partial charge is 0.119 e. The van der Waals surface area contributed by atoms with Crippen molar-refractivity contribution in [2.24, 2.45) is 0 Å². The van der Waals surface area contributed by atoms with Crippen molar-refractivity contribution in [1.82, 2.24) is 15.0 Å². The fraction of sp³-hybridized carbons (Fsp3) is 0. The highest BCUT2D eigenvalue weighted by Gasteiger charge is 1.59. The summed E-state index contributed by atoms with van der Waals surface area (Å²) < 4.78 is 20.3. The molecule has 1 rings (SSSR count). The Kier molecular flexibility index (Phi) is 0.303. The van der Waals surface area contributed by atoms with Crippen LogP contribution in [0.4, 0.5) is 0 Å². The Morgan fingerprint density at radius 3 is 1.67 bits per heavy atom. The first kappa shape index (κ1) is 1.26. The molecule has 0 unspecified atom stereocenters. The SMILES string of the molecule is [3H][13c]1[15n][13c]([3H])[15n][13c]([3H])[15n]1. The topological polar surface area (TPSA) is 38.7 Å². The molecule has 0 radical (unpaired) electrons. The second-order valence-electron chi connectivity index (χ2n) is 0.635. The van der Waals surface area contributed by atoms with Gasteiger partial charge in [0.2, 0.25) is 0 Å². The highest BCUT2D eigenvalue weighted by Crippen LogP contribution is 1.57. The van der Waals surface area contributed by atoms with Gasteiger partial charge >= 0.3 is 0 Å². The molecule has 0 fully saturated rings. The minimum Gasteiger partial charge on any atom is -0.225 e. The molecule has 0 aliphatic carbocycles. The zero-order valence-electron chi connectivity index (χ0n) is 5.84. The van der Waals surface area contributed by atoms with Crippen LogP contribution in [0.15, 0.2) is 18.9 Å². The lowest BCUT2D eigenvalue weighted by Crippen LogP contribution is -1.73. The van der Waals surface area contributed by atoms with E-state index >= 15 is 0 Å². The van der Waals surface area contributed by atoms with Crippen LogP contribution in [-0.4, -0.2) is 15.0 Å². The zero-order chi connectivity index (χ0) is 6.85. The number of rotatable bonds is 0. The number of aromatic nitrogens is 3. The van der Waals surface area contributed by atoms with Crippen LogP contribution in [0.25, 0.3) is 0 Å². The van der Waals surface area contributed by atoms with Gasteiger partial charge in [0.1, 0.15) is 23.0 Å². The summed E-state index contributed by atoms with van der Waals surface area (Å²) in [4.78, 5) is 9.68. The largest absolute Gasteiger partial charge is 0.225 e. The zero-order valence-corrected chi connectivity index (χ0v) is 2.84. The van der Waals surface area contributed by atoms with Crippen molar-refractivity contribution in [2.75, 3.05) is 0 Å². The standard InChI is InChI=1S/C3H3N3/c1-4-2-6-3-5-1/h1-3H/i1+1T,2+1T,3+1T,4+1,5+1,6+1. The molecule has 0 N–H and O–H groups in total. The summed E-state index contributed by atoms with van der Waals surface area (Å²) in [5.74, 6) is 0. The minimum atomic E-state index is -0.333. The summed E-state index contributed by atoms with van der Waals surface area (Å²) in [5, 5.41) is 0. The van der Waals surface area contributed by atoms with Gasteiger partial charge in [-0.05, 0) is 0 Å². The molecule has 3 nitrogen and oxygen atoms in total. The van der Waals surface area contributed by atoms with Crippen molar-refractivity contribution >= 4 is 0 Å². The van der Waals surface area contributed by atoms with Crippen LogP contribution in [0.1, 0.15) is 4.11 Å². The van der Waals surface area contributed by atoms with Gasteiger partial charge in [-0.1, -0.05) is 0 Å². The normalized spacial score (nSPS) is 15.0. The van der Waals surface area contributed by atoms with E-state index in [1.807, 2.05) is 0 Å². The quantitative estimate of drug-likeness (QED) is 0.448. The maximum absolute atomic E-state index is 6.77. The van der Waals surface area contributed by atoms with E-state index in [9.17, 15) is 0 Å². The van der Waals surface area contributed by atoms with Gasteiger partial charge < -0.3 is 0 Å². The van der Waals surface area contributed by atoms with Crippen LogP contribution in [0.2, 0.25) is 0 Å². The summed E-state index contributed by atoms with van der Waals surface area (Å²) in [6.45, 7) is 0. The first-order chi connectivity index (χ1) is 4.18. The molecule has 1 aromatic heterocycles. The third kappa shape index (κ3) is 0.484. The van der Waals surface area contributed by atoms with Crippen molar-refractivity contribution in [3.8, 4) is 0 Å². The number of hydrogen-bond donors (Lipinski definition) is 0. The van der Waals surface area contributed by atoms with Crippen molar-refractivity contribution in [3.05, 3.63) is 18.9 Å². The van der Waals surface area contributed by atoms with Crippen LogP contribution in [0.3, 0.4) is 0 Å². The van der Waals surface area contributed by atoms with Crippen molar-refractivity contribution in [1.29, 1.82) is 0 Å². The first-order valence-electron chi connectivity index (χ1n) is 2.84. The van der Waals surface area contributed by atoms with Crippen LogP contribution in [-0.2, 0) is 0 Å². The lowest BCUT2D eigenvalue weighted by atomic mass is 12.1. The Morgan fingerprint density at radius 2 is 1.33 bits per heavy atom. The fourth-order valence-electron chi connectivity index (χ4n) is 0.142. The van der Waals surface area contributed by atoms with Crippen LogP contribution in [0.5, 0.6) is 0 Å². The molecule has 0 saturated carbocycles. The van der Waals surface area contributed by atoms with E-state index in [-0.39, 0.29) is 18.9 Å². The van der Waals surface area contributed by atoms with Crippen LogP contribution < -0.4 is 0 Å². The van der Waals surface area contributed by atoms with E-state index in [1.54, 1.807) is 0 Å². The second-order valence-corrected chi connectivity index (χ2v) is 0.635. The summed E-state index contributed by atoms with van der Waals surface area (Å²) in [6.07, 6.45) is -1.000. The van der Waals surface area contributed by atoms with E-state index in [4.69, 9.17) is 4.11 Å². The average molecular weight is 93.1 g/mol. The molecule has 0 amide bonds. The molecule has 0 atom stereocenters. The van der Waals surface area contributed by atoms with Crippen molar-refractivity contribution < 1.29 is 4.11 Å². The molecule has 0 aliphatic heterocycles. The van der Waals surface area contributed by atoms with E-state index in [2.05, 4.69) is 15.0 Å². The average Bonchev–Trinajstić information content (AvgIpc) is 1.59. The Balaban J connectivity index is 3.17.